The maximum Gasteiger partial charge on any atom is 0.251 e. The van der Waals surface area contributed by atoms with Gasteiger partial charge in [-0.1, -0.05) is 30.9 Å². The highest BCUT2D eigenvalue weighted by Gasteiger charge is 2.21. The number of hydrogen-bond donors (Lipinski definition) is 2. The van der Waals surface area contributed by atoms with Crippen LogP contribution in [-0.2, 0) is 0 Å². The summed E-state index contributed by atoms with van der Waals surface area (Å²) < 4.78 is 0. The molecule has 0 radical (unpaired) electrons. The van der Waals surface area contributed by atoms with E-state index in [2.05, 4.69) is 12.2 Å². The summed E-state index contributed by atoms with van der Waals surface area (Å²) in [5, 5.41) is 3.56. The van der Waals surface area contributed by atoms with Crippen molar-refractivity contribution < 1.29 is 4.79 Å². The normalized spacial score (nSPS) is 18.0. The molecule has 19 heavy (non-hydrogen) atoms. The number of carbonyl (C=O) groups is 1. The summed E-state index contributed by atoms with van der Waals surface area (Å²) in [6.07, 6.45) is 6.30. The van der Waals surface area contributed by atoms with Crippen molar-refractivity contribution >= 4 is 23.2 Å². The number of nitrogens with two attached hydrogens (primary N) is 1. The Balaban J connectivity index is 1.97. The predicted octanol–water partition coefficient (Wildman–Crippen LogP) is 3.62. The number of rotatable bonds is 3. The lowest BCUT2D eigenvalue weighted by atomic mass is 9.84. The molecule has 0 aliphatic heterocycles. The van der Waals surface area contributed by atoms with Gasteiger partial charge < -0.3 is 11.1 Å². The Labute approximate surface area is 119 Å². The number of hydrogen-bond acceptors (Lipinski definition) is 2. The maximum absolute atomic E-state index is 12.2. The molecule has 0 spiro atoms. The number of carbonyl (C=O) groups excluding carboxylic acids is 1. The van der Waals surface area contributed by atoms with Gasteiger partial charge in [-0.15, -0.1) is 0 Å². The number of benzene rings is 1. The predicted molar refractivity (Wildman–Crippen MR) is 79.4 cm³/mol. The van der Waals surface area contributed by atoms with Gasteiger partial charge in [-0.2, -0.15) is 0 Å². The van der Waals surface area contributed by atoms with Crippen LogP contribution in [0.3, 0.4) is 0 Å². The van der Waals surface area contributed by atoms with Crippen molar-refractivity contribution in [2.75, 3.05) is 5.73 Å². The molecule has 1 saturated carbocycles. The fraction of sp³-hybridized carbons (Fsp3) is 0.533. The third-order valence-electron chi connectivity index (χ3n) is 3.97. The zero-order chi connectivity index (χ0) is 13.8. The van der Waals surface area contributed by atoms with Crippen molar-refractivity contribution in [1.29, 1.82) is 0 Å². The van der Waals surface area contributed by atoms with Gasteiger partial charge in [0.15, 0.2) is 0 Å². The van der Waals surface area contributed by atoms with Crippen molar-refractivity contribution in [3.8, 4) is 0 Å². The van der Waals surface area contributed by atoms with Crippen LogP contribution in [0.4, 0.5) is 5.69 Å². The van der Waals surface area contributed by atoms with E-state index >= 15 is 0 Å². The van der Waals surface area contributed by atoms with Gasteiger partial charge in [-0.3, -0.25) is 4.79 Å². The summed E-state index contributed by atoms with van der Waals surface area (Å²) in [5.41, 5.74) is 6.74. The summed E-state index contributed by atoms with van der Waals surface area (Å²) in [4.78, 5) is 12.2. The molecule has 1 aromatic rings. The molecule has 3 N–H and O–H groups in total. The Morgan fingerprint density at radius 2 is 2.05 bits per heavy atom. The van der Waals surface area contributed by atoms with Crippen LogP contribution in [0.1, 0.15) is 49.4 Å². The number of nitrogen functional groups attached to an aromatic ring is 1. The first-order chi connectivity index (χ1) is 9.08. The van der Waals surface area contributed by atoms with Gasteiger partial charge in [0.05, 0.1) is 10.7 Å². The standard InChI is InChI=1S/C15H21ClN2O/c1-10(11-5-3-2-4-6-11)18-15(19)12-7-8-13(16)14(17)9-12/h7-11H,2-6,17H2,1H3,(H,18,19)/t10-/m0/s1. The third kappa shape index (κ3) is 3.63. The Morgan fingerprint density at radius 1 is 1.37 bits per heavy atom. The minimum Gasteiger partial charge on any atom is -0.398 e. The molecule has 1 aromatic carbocycles. The van der Waals surface area contributed by atoms with E-state index in [1.54, 1.807) is 18.2 Å². The molecule has 2 rings (SSSR count). The van der Waals surface area contributed by atoms with Crippen LogP contribution in [-0.4, -0.2) is 11.9 Å². The van der Waals surface area contributed by atoms with Gasteiger partial charge in [0.1, 0.15) is 0 Å². The number of anilines is 1. The maximum atomic E-state index is 12.2. The first-order valence-electron chi connectivity index (χ1n) is 6.94. The van der Waals surface area contributed by atoms with Crippen molar-refractivity contribution in [3.05, 3.63) is 28.8 Å². The molecule has 0 heterocycles. The van der Waals surface area contributed by atoms with Gasteiger partial charge >= 0.3 is 0 Å². The van der Waals surface area contributed by atoms with E-state index in [1.807, 2.05) is 0 Å². The van der Waals surface area contributed by atoms with E-state index in [0.29, 0.717) is 22.2 Å². The highest BCUT2D eigenvalue weighted by Crippen LogP contribution is 2.26. The summed E-state index contributed by atoms with van der Waals surface area (Å²) >= 11 is 5.86. The van der Waals surface area contributed by atoms with Crippen molar-refractivity contribution in [3.63, 3.8) is 0 Å². The number of halogens is 1. The summed E-state index contributed by atoms with van der Waals surface area (Å²) in [6.45, 7) is 2.09. The van der Waals surface area contributed by atoms with Crippen LogP contribution in [0.25, 0.3) is 0 Å². The van der Waals surface area contributed by atoms with E-state index in [4.69, 9.17) is 17.3 Å². The van der Waals surface area contributed by atoms with Gasteiger partial charge in [-0.25, -0.2) is 0 Å². The van der Waals surface area contributed by atoms with E-state index < -0.39 is 0 Å². The molecule has 1 aliphatic carbocycles. The quantitative estimate of drug-likeness (QED) is 0.831. The molecule has 1 aliphatic rings. The average molecular weight is 281 g/mol. The topological polar surface area (TPSA) is 55.1 Å². The van der Waals surface area contributed by atoms with Crippen molar-refractivity contribution in [2.45, 2.75) is 45.1 Å². The first-order valence-corrected chi connectivity index (χ1v) is 7.31. The molecule has 104 valence electrons. The average Bonchev–Trinajstić information content (AvgIpc) is 2.42. The Hall–Kier alpha value is -1.22. The van der Waals surface area contributed by atoms with Crippen LogP contribution in [0.15, 0.2) is 18.2 Å². The summed E-state index contributed by atoms with van der Waals surface area (Å²) in [7, 11) is 0. The number of amides is 1. The van der Waals surface area contributed by atoms with Crippen molar-refractivity contribution in [2.24, 2.45) is 5.92 Å². The smallest absolute Gasteiger partial charge is 0.251 e. The molecule has 0 aromatic heterocycles. The highest BCUT2D eigenvalue weighted by atomic mass is 35.5. The number of nitrogens with one attached hydrogen (secondary N) is 1. The Kier molecular flexibility index (Phi) is 4.70. The largest absolute Gasteiger partial charge is 0.398 e. The molecule has 0 bridgehead atoms. The molecule has 4 heteroatoms. The van der Waals surface area contributed by atoms with E-state index in [1.165, 1.54) is 32.1 Å². The molecule has 0 saturated heterocycles. The molecule has 1 amide bonds. The van der Waals surface area contributed by atoms with Gasteiger partial charge in [0.25, 0.3) is 5.91 Å². The Morgan fingerprint density at radius 3 is 2.68 bits per heavy atom. The van der Waals surface area contributed by atoms with Crippen LogP contribution in [0.2, 0.25) is 5.02 Å². The van der Waals surface area contributed by atoms with E-state index in [0.717, 1.165) is 0 Å². The fourth-order valence-electron chi connectivity index (χ4n) is 2.73. The molecule has 0 unspecified atom stereocenters. The summed E-state index contributed by atoms with van der Waals surface area (Å²) in [5.74, 6) is 0.531. The molecular weight excluding hydrogens is 260 g/mol. The monoisotopic (exact) mass is 280 g/mol. The van der Waals surface area contributed by atoms with Crippen LogP contribution in [0, 0.1) is 5.92 Å². The van der Waals surface area contributed by atoms with Crippen LogP contribution >= 0.6 is 11.6 Å². The second-order valence-corrected chi connectivity index (χ2v) is 5.80. The second kappa shape index (κ2) is 6.29. The minimum atomic E-state index is -0.0681. The van der Waals surface area contributed by atoms with Crippen LogP contribution < -0.4 is 11.1 Å². The zero-order valence-corrected chi connectivity index (χ0v) is 12.0. The van der Waals surface area contributed by atoms with E-state index in [-0.39, 0.29) is 11.9 Å². The lowest BCUT2D eigenvalue weighted by Crippen LogP contribution is -2.38. The minimum absolute atomic E-state index is 0.0681. The van der Waals surface area contributed by atoms with E-state index in [9.17, 15) is 4.79 Å². The highest BCUT2D eigenvalue weighted by molar-refractivity contribution is 6.33. The Bertz CT molecular complexity index is 455. The third-order valence-corrected chi connectivity index (χ3v) is 4.32. The summed E-state index contributed by atoms with van der Waals surface area (Å²) in [6, 6.07) is 5.22. The van der Waals surface area contributed by atoms with Crippen molar-refractivity contribution in [1.82, 2.24) is 5.32 Å². The first kappa shape index (κ1) is 14.2. The van der Waals surface area contributed by atoms with Gasteiger partial charge in [0.2, 0.25) is 0 Å². The molecule has 1 fully saturated rings. The molecular formula is C15H21ClN2O. The molecule has 1 atom stereocenters. The lowest BCUT2D eigenvalue weighted by molar-refractivity contribution is 0.0919. The fourth-order valence-corrected chi connectivity index (χ4v) is 2.84. The van der Waals surface area contributed by atoms with Gasteiger partial charge in [-0.05, 0) is 43.9 Å². The second-order valence-electron chi connectivity index (χ2n) is 5.40. The van der Waals surface area contributed by atoms with Crippen LogP contribution in [0.5, 0.6) is 0 Å². The zero-order valence-electron chi connectivity index (χ0n) is 11.3. The molecule has 3 nitrogen and oxygen atoms in total. The van der Waals surface area contributed by atoms with Gasteiger partial charge in [0, 0.05) is 11.6 Å². The SMILES string of the molecule is C[C@H](NC(=O)c1ccc(Cl)c(N)c1)C1CCCCC1. The lowest BCUT2D eigenvalue weighted by Gasteiger charge is -2.28.